The van der Waals surface area contributed by atoms with E-state index < -0.39 is 7.60 Å². The molecule has 0 atom stereocenters. The highest BCUT2D eigenvalue weighted by molar-refractivity contribution is 7.51. The van der Waals surface area contributed by atoms with Crippen LogP contribution in [0, 0.1) is 0 Å². The van der Waals surface area contributed by atoms with Crippen LogP contribution in [0.1, 0.15) is 26.2 Å². The average Bonchev–Trinajstić information content (AvgIpc) is 2.77. The lowest BCUT2D eigenvalue weighted by molar-refractivity contribution is 0.371. The first kappa shape index (κ1) is 12.4. The second-order valence-electron chi connectivity index (χ2n) is 3.74. The van der Waals surface area contributed by atoms with E-state index in [1.165, 1.54) is 17.6 Å². The molecule has 0 saturated heterocycles. The van der Waals surface area contributed by atoms with E-state index in [0.29, 0.717) is 6.42 Å². The third kappa shape index (κ3) is 5.12. The van der Waals surface area contributed by atoms with Crippen molar-refractivity contribution in [3.8, 4) is 0 Å². The topological polar surface area (TPSA) is 57.5 Å². The van der Waals surface area contributed by atoms with Crippen molar-refractivity contribution in [2.45, 2.75) is 26.2 Å². The van der Waals surface area contributed by atoms with Crippen molar-refractivity contribution in [3.05, 3.63) is 35.5 Å². The maximum atomic E-state index is 10.1. The Morgan fingerprint density at radius 3 is 1.93 bits per heavy atom. The molecule has 15 heavy (non-hydrogen) atoms. The van der Waals surface area contributed by atoms with E-state index in [1.54, 1.807) is 0 Å². The zero-order valence-corrected chi connectivity index (χ0v) is 9.78. The van der Waals surface area contributed by atoms with Gasteiger partial charge in [0.2, 0.25) is 0 Å². The van der Waals surface area contributed by atoms with Gasteiger partial charge in [-0.05, 0) is 24.0 Å². The van der Waals surface area contributed by atoms with Gasteiger partial charge in [0.1, 0.15) is 0 Å². The number of fused-ring (bicyclic) bond motifs is 2. The van der Waals surface area contributed by atoms with E-state index in [9.17, 15) is 4.57 Å². The van der Waals surface area contributed by atoms with Gasteiger partial charge in [-0.15, -0.1) is 0 Å². The maximum absolute atomic E-state index is 10.1. The summed E-state index contributed by atoms with van der Waals surface area (Å²) in [6.07, 6.45) is 11.4. The fourth-order valence-corrected chi connectivity index (χ4v) is 2.10. The van der Waals surface area contributed by atoms with Gasteiger partial charge in [-0.1, -0.05) is 37.6 Å². The highest BCUT2D eigenvalue weighted by Crippen LogP contribution is 2.35. The molecule has 2 N–H and O–H groups in total. The molecule has 0 fully saturated rings. The molecule has 0 spiro atoms. The van der Waals surface area contributed by atoms with E-state index in [2.05, 4.69) is 24.3 Å². The Morgan fingerprint density at radius 2 is 1.80 bits per heavy atom. The molecule has 0 aromatic rings. The van der Waals surface area contributed by atoms with Crippen molar-refractivity contribution in [3.63, 3.8) is 0 Å². The summed E-state index contributed by atoms with van der Waals surface area (Å²) in [7, 11) is -3.68. The number of allylic oxidation sites excluding steroid dienone is 6. The molecule has 0 aromatic carbocycles. The van der Waals surface area contributed by atoms with Gasteiger partial charge in [0.25, 0.3) is 0 Å². The fourth-order valence-electron chi connectivity index (χ4n) is 1.37. The van der Waals surface area contributed by atoms with Crippen LogP contribution in [-0.4, -0.2) is 15.9 Å². The first-order chi connectivity index (χ1) is 7.01. The minimum absolute atomic E-state index is 0.0312. The molecule has 0 aromatic heterocycles. The summed E-state index contributed by atoms with van der Waals surface area (Å²) in [6.45, 7) is 1.90. The Morgan fingerprint density at radius 1 is 1.27 bits per heavy atom. The summed E-state index contributed by atoms with van der Waals surface area (Å²) in [5, 5.41) is 0. The molecule has 2 rings (SSSR count). The van der Waals surface area contributed by atoms with Crippen LogP contribution in [0.2, 0.25) is 0 Å². The maximum Gasteiger partial charge on any atom is 0.325 e. The van der Waals surface area contributed by atoms with E-state index >= 15 is 0 Å². The monoisotopic (exact) mass is 228 g/mol. The molecule has 0 aliphatic heterocycles. The quantitative estimate of drug-likeness (QED) is 0.730. The molecule has 4 heteroatoms. The molecule has 84 valence electrons. The number of unbranched alkanes of at least 4 members (excludes halogenated alkanes) is 1. The molecule has 2 bridgehead atoms. The second-order valence-corrected chi connectivity index (χ2v) is 5.51. The van der Waals surface area contributed by atoms with Crippen LogP contribution in [0.4, 0.5) is 0 Å². The van der Waals surface area contributed by atoms with Crippen LogP contribution in [0.15, 0.2) is 35.5 Å². The van der Waals surface area contributed by atoms with Crippen molar-refractivity contribution >= 4 is 7.60 Å². The molecule has 0 radical (unpaired) electrons. The Labute approximate surface area is 90.4 Å². The zero-order chi connectivity index (χ0) is 11.3. The summed E-state index contributed by atoms with van der Waals surface area (Å²) >= 11 is 0. The predicted octanol–water partition coefficient (Wildman–Crippen LogP) is 2.78. The van der Waals surface area contributed by atoms with Gasteiger partial charge >= 0.3 is 7.60 Å². The Hall–Kier alpha value is -0.630. The number of rotatable bonds is 3. The van der Waals surface area contributed by atoms with Gasteiger partial charge in [0, 0.05) is 6.16 Å². The number of hydrogen-bond acceptors (Lipinski definition) is 1. The van der Waals surface area contributed by atoms with E-state index in [-0.39, 0.29) is 6.16 Å². The molecular formula is C11H17O3P. The zero-order valence-electron chi connectivity index (χ0n) is 8.89. The second kappa shape index (κ2) is 5.45. The van der Waals surface area contributed by atoms with Crippen molar-refractivity contribution in [1.82, 2.24) is 0 Å². The minimum atomic E-state index is -3.68. The van der Waals surface area contributed by atoms with Crippen molar-refractivity contribution in [2.75, 3.05) is 6.16 Å². The van der Waals surface area contributed by atoms with Gasteiger partial charge in [0.15, 0.2) is 0 Å². The van der Waals surface area contributed by atoms with Gasteiger partial charge in [-0.3, -0.25) is 4.57 Å². The van der Waals surface area contributed by atoms with Crippen LogP contribution in [0.3, 0.4) is 0 Å². The molecular weight excluding hydrogens is 211 g/mol. The predicted molar refractivity (Wildman–Crippen MR) is 61.7 cm³/mol. The van der Waals surface area contributed by atoms with Crippen molar-refractivity contribution in [1.29, 1.82) is 0 Å². The summed E-state index contributed by atoms with van der Waals surface area (Å²) in [5.74, 6) is 0. The molecule has 2 aliphatic rings. The van der Waals surface area contributed by atoms with Crippen LogP contribution in [0.25, 0.3) is 0 Å². The Bertz CT molecular complexity index is 327. The normalized spacial score (nSPS) is 17.0. The lowest BCUT2D eigenvalue weighted by Crippen LogP contribution is -1.84. The lowest BCUT2D eigenvalue weighted by Gasteiger charge is -1.98. The first-order valence-corrected chi connectivity index (χ1v) is 6.93. The highest BCUT2D eigenvalue weighted by atomic mass is 31.2. The van der Waals surface area contributed by atoms with E-state index in [4.69, 9.17) is 9.79 Å². The SMILES string of the molecule is C1=CC2=CC=C1C2.CCCCP(=O)(O)O. The molecule has 0 unspecified atom stereocenters. The molecule has 3 nitrogen and oxygen atoms in total. The molecule has 0 saturated carbocycles. The minimum Gasteiger partial charge on any atom is -0.324 e. The van der Waals surface area contributed by atoms with Gasteiger partial charge < -0.3 is 9.79 Å². The van der Waals surface area contributed by atoms with Gasteiger partial charge in [-0.25, -0.2) is 0 Å². The van der Waals surface area contributed by atoms with Crippen LogP contribution in [0.5, 0.6) is 0 Å². The van der Waals surface area contributed by atoms with E-state index in [0.717, 1.165) is 6.42 Å². The fraction of sp³-hybridized carbons (Fsp3) is 0.455. The highest BCUT2D eigenvalue weighted by Gasteiger charge is 2.09. The third-order valence-electron chi connectivity index (χ3n) is 2.23. The molecule has 2 aliphatic carbocycles. The summed E-state index contributed by atoms with van der Waals surface area (Å²) in [4.78, 5) is 16.5. The van der Waals surface area contributed by atoms with Crippen molar-refractivity contribution < 1.29 is 14.4 Å². The molecule has 0 amide bonds. The Kier molecular flexibility index (Phi) is 4.52. The van der Waals surface area contributed by atoms with Gasteiger partial charge in [0.05, 0.1) is 0 Å². The van der Waals surface area contributed by atoms with E-state index in [1.807, 2.05) is 6.92 Å². The van der Waals surface area contributed by atoms with Crippen LogP contribution >= 0.6 is 7.60 Å². The lowest BCUT2D eigenvalue weighted by atomic mass is 10.3. The number of hydrogen-bond donors (Lipinski definition) is 2. The Balaban J connectivity index is 0.000000150. The summed E-state index contributed by atoms with van der Waals surface area (Å²) < 4.78 is 10.1. The summed E-state index contributed by atoms with van der Waals surface area (Å²) in [5.41, 5.74) is 2.94. The van der Waals surface area contributed by atoms with Crippen LogP contribution < -0.4 is 0 Å². The standard InChI is InChI=1S/C7H6.C4H11O3P/c1-2-7-4-3-6(1)5-7;1-2-3-4-8(5,6)7/h1-4H,5H2;2-4H2,1H3,(H2,5,6,7). The largest absolute Gasteiger partial charge is 0.325 e. The third-order valence-corrected chi connectivity index (χ3v) is 3.13. The smallest absolute Gasteiger partial charge is 0.324 e. The van der Waals surface area contributed by atoms with Crippen molar-refractivity contribution in [2.24, 2.45) is 0 Å². The molecule has 0 heterocycles. The average molecular weight is 228 g/mol. The summed E-state index contributed by atoms with van der Waals surface area (Å²) in [6, 6.07) is 0. The first-order valence-electron chi connectivity index (χ1n) is 5.13. The van der Waals surface area contributed by atoms with Gasteiger partial charge in [-0.2, -0.15) is 0 Å². The van der Waals surface area contributed by atoms with Crippen LogP contribution in [-0.2, 0) is 4.57 Å².